The van der Waals surface area contributed by atoms with Crippen LogP contribution in [0.1, 0.15) is 4.88 Å². The lowest BCUT2D eigenvalue weighted by Gasteiger charge is -2.18. The number of sulfonamides is 1. The van der Waals surface area contributed by atoms with Crippen LogP contribution in [0.15, 0.2) is 40.6 Å². The van der Waals surface area contributed by atoms with Crippen molar-refractivity contribution in [1.29, 1.82) is 0 Å². The molecular formula is C13H13ClFNO2S2. The molecule has 0 fully saturated rings. The van der Waals surface area contributed by atoms with E-state index >= 15 is 0 Å². The Morgan fingerprint density at radius 2 is 1.95 bits per heavy atom. The zero-order valence-electron chi connectivity index (χ0n) is 10.7. The number of benzene rings is 1. The molecule has 0 unspecified atom stereocenters. The summed E-state index contributed by atoms with van der Waals surface area (Å²) in [6, 6.07) is 9.03. The molecule has 0 saturated heterocycles. The van der Waals surface area contributed by atoms with Gasteiger partial charge in [0, 0.05) is 17.8 Å². The number of rotatable bonds is 5. The van der Waals surface area contributed by atoms with Crippen molar-refractivity contribution in [2.45, 2.75) is 10.6 Å². The van der Waals surface area contributed by atoms with E-state index in [0.717, 1.165) is 20.5 Å². The van der Waals surface area contributed by atoms with E-state index in [4.69, 9.17) is 11.6 Å². The molecule has 0 saturated carbocycles. The minimum absolute atomic E-state index is 0.0276. The van der Waals surface area contributed by atoms with Gasteiger partial charge in [0.2, 0.25) is 0 Å². The molecule has 1 aromatic carbocycles. The van der Waals surface area contributed by atoms with E-state index in [1.54, 1.807) is 12.1 Å². The molecular weight excluding hydrogens is 321 g/mol. The van der Waals surface area contributed by atoms with Crippen LogP contribution in [-0.4, -0.2) is 21.3 Å². The van der Waals surface area contributed by atoms with E-state index in [2.05, 4.69) is 0 Å². The average molecular weight is 334 g/mol. The van der Waals surface area contributed by atoms with E-state index in [9.17, 15) is 12.8 Å². The normalized spacial score (nSPS) is 11.6. The maximum atomic E-state index is 13.7. The minimum Gasteiger partial charge on any atom is -0.266 e. The van der Waals surface area contributed by atoms with Crippen LogP contribution in [0.5, 0.6) is 0 Å². The fraction of sp³-hybridized carbons (Fsp3) is 0.231. The Kier molecular flexibility index (Phi) is 4.67. The molecule has 0 spiro atoms. The molecule has 1 aromatic heterocycles. The molecule has 1 heterocycles. The van der Waals surface area contributed by atoms with Gasteiger partial charge >= 0.3 is 0 Å². The number of halogens is 2. The number of thiophene rings is 1. The van der Waals surface area contributed by atoms with Gasteiger partial charge < -0.3 is 0 Å². The first-order valence-corrected chi connectivity index (χ1v) is 8.64. The van der Waals surface area contributed by atoms with Gasteiger partial charge in [-0.05, 0) is 30.7 Å². The van der Waals surface area contributed by atoms with Gasteiger partial charge in [-0.25, -0.2) is 12.8 Å². The summed E-state index contributed by atoms with van der Waals surface area (Å²) >= 11 is 6.79. The molecule has 0 aliphatic carbocycles. The highest BCUT2D eigenvalue weighted by atomic mass is 35.5. The lowest BCUT2D eigenvalue weighted by atomic mass is 10.3. The van der Waals surface area contributed by atoms with E-state index in [1.807, 2.05) is 0 Å². The third-order valence-corrected chi connectivity index (χ3v) is 6.36. The van der Waals surface area contributed by atoms with Crippen molar-refractivity contribution in [2.75, 3.05) is 17.2 Å². The highest BCUT2D eigenvalue weighted by Gasteiger charge is 2.25. The molecule has 0 atom stereocenters. The van der Waals surface area contributed by atoms with Gasteiger partial charge in [0.1, 0.15) is 10.0 Å². The predicted octanol–water partition coefficient (Wildman–Crippen LogP) is 3.49. The zero-order chi connectivity index (χ0) is 14.8. The minimum atomic E-state index is -3.74. The first-order chi connectivity index (χ1) is 9.46. The number of aryl methyl sites for hydroxylation is 1. The molecule has 2 aromatic rings. The van der Waals surface area contributed by atoms with Crippen LogP contribution in [0, 0.1) is 5.82 Å². The summed E-state index contributed by atoms with van der Waals surface area (Å²) in [4.78, 5) is 0.889. The van der Waals surface area contributed by atoms with Crippen molar-refractivity contribution in [3.8, 4) is 0 Å². The molecule has 2 rings (SSSR count). The number of anilines is 1. The van der Waals surface area contributed by atoms with Gasteiger partial charge in [-0.3, -0.25) is 4.31 Å². The first kappa shape index (κ1) is 15.3. The van der Waals surface area contributed by atoms with Gasteiger partial charge in [-0.15, -0.1) is 22.9 Å². The molecule has 3 nitrogen and oxygen atoms in total. The van der Waals surface area contributed by atoms with Gasteiger partial charge in [0.15, 0.2) is 0 Å². The summed E-state index contributed by atoms with van der Waals surface area (Å²) in [6.45, 7) is 0. The number of para-hydroxylation sites is 1. The Morgan fingerprint density at radius 3 is 2.60 bits per heavy atom. The Labute approximate surface area is 126 Å². The Balaban J connectivity index is 2.36. The highest BCUT2D eigenvalue weighted by molar-refractivity contribution is 7.94. The Morgan fingerprint density at radius 1 is 1.25 bits per heavy atom. The van der Waals surface area contributed by atoms with Crippen LogP contribution in [0.3, 0.4) is 0 Å². The zero-order valence-corrected chi connectivity index (χ0v) is 13.1. The van der Waals surface area contributed by atoms with E-state index in [0.29, 0.717) is 12.3 Å². The fourth-order valence-electron chi connectivity index (χ4n) is 1.70. The predicted molar refractivity (Wildman–Crippen MR) is 80.7 cm³/mol. The van der Waals surface area contributed by atoms with Crippen molar-refractivity contribution in [2.24, 2.45) is 0 Å². The Bertz CT molecular complexity index is 700. The van der Waals surface area contributed by atoms with E-state index in [1.165, 1.54) is 31.3 Å². The van der Waals surface area contributed by atoms with Crippen molar-refractivity contribution >= 4 is 38.6 Å². The summed E-state index contributed by atoms with van der Waals surface area (Å²) in [7, 11) is -2.40. The van der Waals surface area contributed by atoms with Crippen molar-refractivity contribution in [3.05, 3.63) is 47.1 Å². The van der Waals surface area contributed by atoms with Crippen molar-refractivity contribution in [1.82, 2.24) is 0 Å². The van der Waals surface area contributed by atoms with Gasteiger partial charge in [0.25, 0.3) is 10.0 Å². The molecule has 0 aliphatic heterocycles. The number of hydrogen-bond acceptors (Lipinski definition) is 3. The molecule has 0 radical (unpaired) electrons. The second-order valence-corrected chi connectivity index (χ2v) is 7.83. The second kappa shape index (κ2) is 6.11. The summed E-state index contributed by atoms with van der Waals surface area (Å²) in [6.07, 6.45) is 0.616. The van der Waals surface area contributed by atoms with Crippen LogP contribution < -0.4 is 4.31 Å². The molecule has 20 heavy (non-hydrogen) atoms. The molecule has 0 amide bonds. The van der Waals surface area contributed by atoms with Crippen LogP contribution in [0.2, 0.25) is 0 Å². The number of nitrogens with zero attached hydrogens (tertiary/aromatic N) is 1. The van der Waals surface area contributed by atoms with Crippen LogP contribution in [-0.2, 0) is 16.4 Å². The quantitative estimate of drug-likeness (QED) is 0.785. The van der Waals surface area contributed by atoms with Crippen molar-refractivity contribution in [3.63, 3.8) is 0 Å². The third-order valence-electron chi connectivity index (χ3n) is 2.78. The monoisotopic (exact) mass is 333 g/mol. The molecule has 7 heteroatoms. The van der Waals surface area contributed by atoms with E-state index in [-0.39, 0.29) is 9.90 Å². The molecule has 0 bridgehead atoms. The number of hydrogen-bond donors (Lipinski definition) is 0. The van der Waals surface area contributed by atoms with Crippen LogP contribution in [0.4, 0.5) is 10.1 Å². The van der Waals surface area contributed by atoms with Gasteiger partial charge in [-0.1, -0.05) is 12.1 Å². The second-order valence-electron chi connectivity index (χ2n) is 4.08. The fourth-order valence-corrected chi connectivity index (χ4v) is 4.74. The van der Waals surface area contributed by atoms with Crippen LogP contribution >= 0.6 is 22.9 Å². The highest BCUT2D eigenvalue weighted by Crippen LogP contribution is 2.29. The van der Waals surface area contributed by atoms with Crippen molar-refractivity contribution < 1.29 is 12.8 Å². The SMILES string of the molecule is CN(c1ccccc1F)S(=O)(=O)c1ccc(CCCl)s1. The lowest BCUT2D eigenvalue weighted by molar-refractivity contribution is 0.591. The summed E-state index contributed by atoms with van der Waals surface area (Å²) in [5.74, 6) is -0.139. The molecule has 108 valence electrons. The average Bonchev–Trinajstić information content (AvgIpc) is 2.88. The third kappa shape index (κ3) is 2.97. The molecule has 0 aliphatic rings. The lowest BCUT2D eigenvalue weighted by Crippen LogP contribution is -2.26. The smallest absolute Gasteiger partial charge is 0.266 e. The van der Waals surface area contributed by atoms with Crippen LogP contribution in [0.25, 0.3) is 0 Å². The summed E-state index contributed by atoms with van der Waals surface area (Å²) in [5, 5.41) is 0. The summed E-state index contributed by atoms with van der Waals surface area (Å²) < 4.78 is 39.7. The Hall–Kier alpha value is -1.11. The molecule has 0 N–H and O–H groups in total. The maximum Gasteiger partial charge on any atom is 0.273 e. The number of alkyl halides is 1. The standard InChI is InChI=1S/C13H13ClFNO2S2/c1-16(12-5-3-2-4-11(12)15)20(17,18)13-7-6-10(19-13)8-9-14/h2-7H,8-9H2,1H3. The van der Waals surface area contributed by atoms with Gasteiger partial charge in [-0.2, -0.15) is 0 Å². The first-order valence-electron chi connectivity index (χ1n) is 5.85. The summed E-state index contributed by atoms with van der Waals surface area (Å²) in [5.41, 5.74) is 0.0276. The maximum absolute atomic E-state index is 13.7. The van der Waals surface area contributed by atoms with Gasteiger partial charge in [0.05, 0.1) is 5.69 Å². The topological polar surface area (TPSA) is 37.4 Å². The largest absolute Gasteiger partial charge is 0.273 e. The van der Waals surface area contributed by atoms with E-state index < -0.39 is 15.8 Å².